The Morgan fingerprint density at radius 2 is 1.95 bits per heavy atom. The predicted octanol–water partition coefficient (Wildman–Crippen LogP) is 4.43. The number of benzene rings is 1. The molecule has 0 aromatic heterocycles. The van der Waals surface area contributed by atoms with Crippen molar-refractivity contribution in [3.05, 3.63) is 28.2 Å². The molecule has 2 N–H and O–H groups in total. The molecular weight excluding hydrogens is 300 g/mol. The van der Waals surface area contributed by atoms with Crippen molar-refractivity contribution < 1.29 is 0 Å². The van der Waals surface area contributed by atoms with Crippen LogP contribution in [0.25, 0.3) is 0 Å². The topological polar surface area (TPSA) is 29.3 Å². The van der Waals surface area contributed by atoms with E-state index in [9.17, 15) is 0 Å². The van der Waals surface area contributed by atoms with Crippen molar-refractivity contribution >= 4 is 21.6 Å². The zero-order chi connectivity index (χ0) is 13.8. The van der Waals surface area contributed by atoms with E-state index >= 15 is 0 Å². The fraction of sp³-hybridized carbons (Fsp3) is 0.625. The Bertz CT molecular complexity index is 411. The summed E-state index contributed by atoms with van der Waals surface area (Å²) in [6.45, 7) is 3.30. The van der Waals surface area contributed by atoms with Gasteiger partial charge >= 0.3 is 0 Å². The summed E-state index contributed by atoms with van der Waals surface area (Å²) in [5.74, 6) is 0.962. The second-order valence-corrected chi connectivity index (χ2v) is 6.61. The van der Waals surface area contributed by atoms with E-state index in [1.54, 1.807) is 0 Å². The summed E-state index contributed by atoms with van der Waals surface area (Å²) in [6, 6.07) is 6.88. The number of nitrogen functional groups attached to an aromatic ring is 1. The maximum atomic E-state index is 5.95. The standard InChI is InChI=1S/C16H25BrN2/c1-3-12-7-9-14(10-8-12)19(2)11-13-5-4-6-15(18)16(13)17/h4-6,12,14H,3,7-11,18H2,1-2H3. The van der Waals surface area contributed by atoms with Gasteiger partial charge in [-0.3, -0.25) is 4.90 Å². The minimum atomic E-state index is 0.733. The molecule has 0 amide bonds. The van der Waals surface area contributed by atoms with Crippen LogP contribution in [0, 0.1) is 5.92 Å². The van der Waals surface area contributed by atoms with Gasteiger partial charge in [0.05, 0.1) is 0 Å². The van der Waals surface area contributed by atoms with E-state index in [1.165, 1.54) is 37.7 Å². The number of anilines is 1. The summed E-state index contributed by atoms with van der Waals surface area (Å²) in [5, 5.41) is 0. The highest BCUT2D eigenvalue weighted by Gasteiger charge is 2.23. The van der Waals surface area contributed by atoms with E-state index < -0.39 is 0 Å². The Morgan fingerprint density at radius 1 is 1.26 bits per heavy atom. The molecule has 1 aliphatic rings. The van der Waals surface area contributed by atoms with Crippen molar-refractivity contribution in [2.45, 2.75) is 51.6 Å². The van der Waals surface area contributed by atoms with Gasteiger partial charge < -0.3 is 5.73 Å². The van der Waals surface area contributed by atoms with Gasteiger partial charge in [-0.25, -0.2) is 0 Å². The Kier molecular flexibility index (Phi) is 5.28. The maximum Gasteiger partial charge on any atom is 0.0461 e. The zero-order valence-corrected chi connectivity index (χ0v) is 13.6. The third kappa shape index (κ3) is 3.73. The molecule has 1 fully saturated rings. The van der Waals surface area contributed by atoms with Gasteiger partial charge in [0.25, 0.3) is 0 Å². The summed E-state index contributed by atoms with van der Waals surface area (Å²) in [5.41, 5.74) is 8.07. The summed E-state index contributed by atoms with van der Waals surface area (Å²) in [4.78, 5) is 2.49. The SMILES string of the molecule is CCC1CCC(N(C)Cc2cccc(N)c2Br)CC1. The van der Waals surface area contributed by atoms with E-state index in [4.69, 9.17) is 5.73 Å². The normalized spacial score (nSPS) is 23.8. The number of nitrogens with two attached hydrogens (primary N) is 1. The largest absolute Gasteiger partial charge is 0.398 e. The number of nitrogens with zero attached hydrogens (tertiary/aromatic N) is 1. The van der Waals surface area contributed by atoms with Gasteiger partial charge in [0.15, 0.2) is 0 Å². The summed E-state index contributed by atoms with van der Waals surface area (Å²) in [7, 11) is 2.24. The van der Waals surface area contributed by atoms with Crippen LogP contribution in [-0.2, 0) is 6.54 Å². The highest BCUT2D eigenvalue weighted by molar-refractivity contribution is 9.10. The minimum Gasteiger partial charge on any atom is -0.398 e. The second kappa shape index (κ2) is 6.76. The van der Waals surface area contributed by atoms with Crippen LogP contribution < -0.4 is 5.73 Å². The molecule has 0 unspecified atom stereocenters. The van der Waals surface area contributed by atoms with Crippen LogP contribution in [0.2, 0.25) is 0 Å². The van der Waals surface area contributed by atoms with Crippen molar-refractivity contribution in [3.63, 3.8) is 0 Å². The molecule has 0 spiro atoms. The van der Waals surface area contributed by atoms with Gasteiger partial charge in [0, 0.05) is 22.7 Å². The van der Waals surface area contributed by atoms with Gasteiger partial charge in [-0.05, 0) is 66.2 Å². The van der Waals surface area contributed by atoms with Crippen molar-refractivity contribution in [2.75, 3.05) is 12.8 Å². The Labute approximate surface area is 125 Å². The third-order valence-electron chi connectivity index (χ3n) is 4.55. The molecule has 0 aliphatic heterocycles. The van der Waals surface area contributed by atoms with Gasteiger partial charge in [0.2, 0.25) is 0 Å². The molecular formula is C16H25BrN2. The lowest BCUT2D eigenvalue weighted by molar-refractivity contribution is 0.157. The zero-order valence-electron chi connectivity index (χ0n) is 12.0. The molecule has 1 saturated carbocycles. The lowest BCUT2D eigenvalue weighted by Crippen LogP contribution is -2.34. The summed E-state index contributed by atoms with van der Waals surface area (Å²) < 4.78 is 1.06. The van der Waals surface area contributed by atoms with Crippen LogP contribution in [0.3, 0.4) is 0 Å². The first-order chi connectivity index (χ1) is 9.11. The van der Waals surface area contributed by atoms with Crippen LogP contribution in [0.15, 0.2) is 22.7 Å². The number of hydrogen-bond donors (Lipinski definition) is 1. The Morgan fingerprint density at radius 3 is 2.58 bits per heavy atom. The number of hydrogen-bond acceptors (Lipinski definition) is 2. The monoisotopic (exact) mass is 324 g/mol. The van der Waals surface area contributed by atoms with Gasteiger partial charge in [-0.2, -0.15) is 0 Å². The molecule has 0 bridgehead atoms. The molecule has 106 valence electrons. The first kappa shape index (κ1) is 14.9. The molecule has 1 aromatic carbocycles. The predicted molar refractivity (Wildman–Crippen MR) is 86.1 cm³/mol. The number of halogens is 1. The Hall–Kier alpha value is -0.540. The van der Waals surface area contributed by atoms with Crippen molar-refractivity contribution in [1.29, 1.82) is 0 Å². The average molecular weight is 325 g/mol. The first-order valence-corrected chi connectivity index (χ1v) is 8.14. The van der Waals surface area contributed by atoms with E-state index in [1.807, 2.05) is 12.1 Å². The Balaban J connectivity index is 1.94. The van der Waals surface area contributed by atoms with Crippen molar-refractivity contribution in [3.8, 4) is 0 Å². The van der Waals surface area contributed by atoms with E-state index in [-0.39, 0.29) is 0 Å². The van der Waals surface area contributed by atoms with Gasteiger partial charge in [-0.15, -0.1) is 0 Å². The summed E-state index contributed by atoms with van der Waals surface area (Å²) >= 11 is 3.60. The minimum absolute atomic E-state index is 0.733. The maximum absolute atomic E-state index is 5.95. The molecule has 2 nitrogen and oxygen atoms in total. The molecule has 19 heavy (non-hydrogen) atoms. The fourth-order valence-corrected chi connectivity index (χ4v) is 3.50. The molecule has 1 aliphatic carbocycles. The first-order valence-electron chi connectivity index (χ1n) is 7.35. The highest BCUT2D eigenvalue weighted by atomic mass is 79.9. The average Bonchev–Trinajstić information content (AvgIpc) is 2.44. The molecule has 3 heteroatoms. The third-order valence-corrected chi connectivity index (χ3v) is 5.51. The number of rotatable bonds is 4. The lowest BCUT2D eigenvalue weighted by Gasteiger charge is -2.34. The second-order valence-electron chi connectivity index (χ2n) is 5.82. The molecule has 0 saturated heterocycles. The van der Waals surface area contributed by atoms with Crippen LogP contribution in [-0.4, -0.2) is 18.0 Å². The molecule has 0 heterocycles. The quantitative estimate of drug-likeness (QED) is 0.830. The fourth-order valence-electron chi connectivity index (χ4n) is 3.11. The van der Waals surface area contributed by atoms with Crippen LogP contribution in [0.5, 0.6) is 0 Å². The van der Waals surface area contributed by atoms with Gasteiger partial charge in [-0.1, -0.05) is 25.5 Å². The smallest absolute Gasteiger partial charge is 0.0461 e. The molecule has 2 rings (SSSR count). The molecule has 0 atom stereocenters. The highest BCUT2D eigenvalue weighted by Crippen LogP contribution is 2.31. The van der Waals surface area contributed by atoms with Gasteiger partial charge in [0.1, 0.15) is 0 Å². The van der Waals surface area contributed by atoms with Crippen LogP contribution in [0.1, 0.15) is 44.6 Å². The lowest BCUT2D eigenvalue weighted by atomic mass is 9.84. The van der Waals surface area contributed by atoms with E-state index in [0.29, 0.717) is 0 Å². The van der Waals surface area contributed by atoms with Crippen molar-refractivity contribution in [1.82, 2.24) is 4.90 Å². The van der Waals surface area contributed by atoms with Crippen LogP contribution in [0.4, 0.5) is 5.69 Å². The van der Waals surface area contributed by atoms with Crippen LogP contribution >= 0.6 is 15.9 Å². The van der Waals surface area contributed by atoms with E-state index in [0.717, 1.165) is 28.7 Å². The van der Waals surface area contributed by atoms with E-state index in [2.05, 4.69) is 40.9 Å². The van der Waals surface area contributed by atoms with Crippen molar-refractivity contribution in [2.24, 2.45) is 5.92 Å². The molecule has 0 radical (unpaired) electrons. The summed E-state index contributed by atoms with van der Waals surface area (Å²) in [6.07, 6.45) is 6.81. The molecule has 1 aromatic rings.